The molecule has 0 spiro atoms. The summed E-state index contributed by atoms with van der Waals surface area (Å²) in [7, 11) is 0. The summed E-state index contributed by atoms with van der Waals surface area (Å²) in [6, 6.07) is 14.0. The molecule has 0 bridgehead atoms. The zero-order valence-corrected chi connectivity index (χ0v) is 13.2. The van der Waals surface area contributed by atoms with Crippen molar-refractivity contribution in [2.24, 2.45) is 0 Å². The van der Waals surface area contributed by atoms with Gasteiger partial charge in [-0.05, 0) is 48.7 Å². The highest BCUT2D eigenvalue weighted by Gasteiger charge is 2.16. The van der Waals surface area contributed by atoms with Crippen LogP contribution in [0.2, 0.25) is 0 Å². The van der Waals surface area contributed by atoms with Crippen molar-refractivity contribution in [3.63, 3.8) is 0 Å². The average Bonchev–Trinajstić information content (AvgIpc) is 3.26. The highest BCUT2D eigenvalue weighted by Crippen LogP contribution is 2.24. The van der Waals surface area contributed by atoms with Gasteiger partial charge in [0.2, 0.25) is 11.9 Å². The maximum absolute atomic E-state index is 5.94. The SMILES string of the molecule is Nc1nc(Nc2ccc(C3CCNC3)cc2)nn1-c1ccccn1. The molecule has 1 atom stereocenters. The number of anilines is 3. The molecular formula is C17H19N7. The number of nitrogens with one attached hydrogen (secondary N) is 2. The molecule has 0 amide bonds. The molecule has 1 aliphatic rings. The molecule has 7 nitrogen and oxygen atoms in total. The maximum atomic E-state index is 5.94. The minimum Gasteiger partial charge on any atom is -0.368 e. The van der Waals surface area contributed by atoms with Gasteiger partial charge in [-0.3, -0.25) is 0 Å². The Morgan fingerprint density at radius 2 is 2.04 bits per heavy atom. The first-order valence-corrected chi connectivity index (χ1v) is 8.01. The van der Waals surface area contributed by atoms with Gasteiger partial charge >= 0.3 is 0 Å². The summed E-state index contributed by atoms with van der Waals surface area (Å²) in [4.78, 5) is 8.48. The van der Waals surface area contributed by atoms with Gasteiger partial charge in [0, 0.05) is 18.4 Å². The first-order valence-electron chi connectivity index (χ1n) is 8.01. The fraction of sp³-hybridized carbons (Fsp3) is 0.235. The number of nitrogens with zero attached hydrogens (tertiary/aromatic N) is 4. The van der Waals surface area contributed by atoms with Crippen LogP contribution in [0.4, 0.5) is 17.6 Å². The predicted molar refractivity (Wildman–Crippen MR) is 93.5 cm³/mol. The highest BCUT2D eigenvalue weighted by molar-refractivity contribution is 5.55. The fourth-order valence-electron chi connectivity index (χ4n) is 2.93. The van der Waals surface area contributed by atoms with E-state index in [4.69, 9.17) is 5.73 Å². The molecule has 1 aliphatic heterocycles. The van der Waals surface area contributed by atoms with E-state index < -0.39 is 0 Å². The monoisotopic (exact) mass is 321 g/mol. The van der Waals surface area contributed by atoms with Gasteiger partial charge in [-0.25, -0.2) is 4.98 Å². The Labute approximate surface area is 139 Å². The third-order valence-electron chi connectivity index (χ3n) is 4.20. The molecule has 2 aromatic heterocycles. The average molecular weight is 321 g/mol. The third-order valence-corrected chi connectivity index (χ3v) is 4.20. The van der Waals surface area contributed by atoms with E-state index in [1.807, 2.05) is 30.3 Å². The molecule has 0 aliphatic carbocycles. The molecule has 1 saturated heterocycles. The molecule has 24 heavy (non-hydrogen) atoms. The largest absolute Gasteiger partial charge is 0.368 e. The number of rotatable bonds is 4. The van der Waals surface area contributed by atoms with E-state index in [9.17, 15) is 0 Å². The topological polar surface area (TPSA) is 93.7 Å². The maximum Gasteiger partial charge on any atom is 0.248 e. The summed E-state index contributed by atoms with van der Waals surface area (Å²) < 4.78 is 1.51. The Hall–Kier alpha value is -2.93. The van der Waals surface area contributed by atoms with Crippen LogP contribution in [0, 0.1) is 0 Å². The molecule has 7 heteroatoms. The van der Waals surface area contributed by atoms with Gasteiger partial charge in [-0.2, -0.15) is 9.67 Å². The normalized spacial score (nSPS) is 17.1. The number of hydrogen-bond donors (Lipinski definition) is 3. The van der Waals surface area contributed by atoms with Crippen molar-refractivity contribution in [3.05, 3.63) is 54.2 Å². The molecule has 4 N–H and O–H groups in total. The van der Waals surface area contributed by atoms with Gasteiger partial charge in [0.1, 0.15) is 0 Å². The smallest absolute Gasteiger partial charge is 0.248 e. The fourth-order valence-corrected chi connectivity index (χ4v) is 2.93. The first-order chi connectivity index (χ1) is 11.8. The number of hydrogen-bond acceptors (Lipinski definition) is 6. The van der Waals surface area contributed by atoms with Crippen molar-refractivity contribution in [2.45, 2.75) is 12.3 Å². The van der Waals surface area contributed by atoms with Crippen molar-refractivity contribution >= 4 is 17.6 Å². The summed E-state index contributed by atoms with van der Waals surface area (Å²) in [5.74, 6) is 1.99. The molecule has 4 rings (SSSR count). The summed E-state index contributed by atoms with van der Waals surface area (Å²) in [5, 5.41) is 10.9. The predicted octanol–water partition coefficient (Wildman–Crippen LogP) is 2.06. The Bertz CT molecular complexity index is 805. The molecule has 1 aromatic carbocycles. The van der Waals surface area contributed by atoms with E-state index in [-0.39, 0.29) is 0 Å². The second-order valence-electron chi connectivity index (χ2n) is 5.83. The minimum atomic E-state index is 0.296. The summed E-state index contributed by atoms with van der Waals surface area (Å²) in [6.07, 6.45) is 2.89. The molecule has 0 saturated carbocycles. The minimum absolute atomic E-state index is 0.296. The van der Waals surface area contributed by atoms with Gasteiger partial charge in [0.15, 0.2) is 5.82 Å². The lowest BCUT2D eigenvalue weighted by molar-refractivity contribution is 0.763. The Morgan fingerprint density at radius 1 is 1.17 bits per heavy atom. The zero-order valence-electron chi connectivity index (χ0n) is 13.2. The molecular weight excluding hydrogens is 302 g/mol. The second kappa shape index (κ2) is 6.29. The molecule has 122 valence electrons. The van der Waals surface area contributed by atoms with E-state index in [1.165, 1.54) is 16.7 Å². The summed E-state index contributed by atoms with van der Waals surface area (Å²) in [6.45, 7) is 2.15. The van der Waals surface area contributed by atoms with Gasteiger partial charge in [0.25, 0.3) is 0 Å². The van der Waals surface area contributed by atoms with Crippen LogP contribution in [-0.4, -0.2) is 32.8 Å². The van der Waals surface area contributed by atoms with Crippen molar-refractivity contribution in [1.29, 1.82) is 0 Å². The first kappa shape index (κ1) is 14.6. The van der Waals surface area contributed by atoms with Crippen LogP contribution in [-0.2, 0) is 0 Å². The third kappa shape index (κ3) is 2.93. The second-order valence-corrected chi connectivity index (χ2v) is 5.83. The Morgan fingerprint density at radius 3 is 2.75 bits per heavy atom. The van der Waals surface area contributed by atoms with Crippen molar-refractivity contribution in [2.75, 3.05) is 24.1 Å². The van der Waals surface area contributed by atoms with Gasteiger partial charge < -0.3 is 16.4 Å². The number of pyridine rings is 1. The molecule has 1 fully saturated rings. The van der Waals surface area contributed by atoms with E-state index in [2.05, 4.69) is 37.8 Å². The quantitative estimate of drug-likeness (QED) is 0.681. The van der Waals surface area contributed by atoms with Crippen LogP contribution >= 0.6 is 0 Å². The molecule has 3 heterocycles. The Balaban J connectivity index is 1.51. The lowest BCUT2D eigenvalue weighted by atomic mass is 9.98. The summed E-state index contributed by atoms with van der Waals surface area (Å²) >= 11 is 0. The number of nitrogen functional groups attached to an aromatic ring is 1. The van der Waals surface area contributed by atoms with E-state index in [1.54, 1.807) is 6.20 Å². The number of benzene rings is 1. The van der Waals surface area contributed by atoms with Crippen LogP contribution in [0.3, 0.4) is 0 Å². The lowest BCUT2D eigenvalue weighted by Crippen LogP contribution is -2.07. The standard InChI is InChI=1S/C17H19N7/c18-16-22-17(23-24(16)15-3-1-2-9-20-15)21-14-6-4-12(5-7-14)13-8-10-19-11-13/h1-7,9,13,19H,8,10-11H2,(H3,18,21,22,23). The van der Waals surface area contributed by atoms with E-state index in [0.717, 1.165) is 18.8 Å². The zero-order chi connectivity index (χ0) is 16.4. The lowest BCUT2D eigenvalue weighted by Gasteiger charge is -2.09. The van der Waals surface area contributed by atoms with E-state index >= 15 is 0 Å². The van der Waals surface area contributed by atoms with Gasteiger partial charge in [-0.1, -0.05) is 18.2 Å². The van der Waals surface area contributed by atoms with Crippen LogP contribution in [0.1, 0.15) is 17.9 Å². The highest BCUT2D eigenvalue weighted by atomic mass is 15.4. The Kier molecular flexibility index (Phi) is 3.84. The van der Waals surface area contributed by atoms with Crippen LogP contribution in [0.5, 0.6) is 0 Å². The molecule has 3 aromatic rings. The summed E-state index contributed by atoms with van der Waals surface area (Å²) in [5.41, 5.74) is 8.23. The van der Waals surface area contributed by atoms with Crippen LogP contribution in [0.25, 0.3) is 5.82 Å². The number of nitrogens with two attached hydrogens (primary N) is 1. The van der Waals surface area contributed by atoms with Crippen molar-refractivity contribution in [3.8, 4) is 5.82 Å². The van der Waals surface area contributed by atoms with Crippen molar-refractivity contribution < 1.29 is 0 Å². The molecule has 1 unspecified atom stereocenters. The van der Waals surface area contributed by atoms with E-state index in [0.29, 0.717) is 23.6 Å². The molecule has 0 radical (unpaired) electrons. The van der Waals surface area contributed by atoms with Gasteiger partial charge in [-0.15, -0.1) is 5.10 Å². The van der Waals surface area contributed by atoms with Gasteiger partial charge in [0.05, 0.1) is 0 Å². The number of aromatic nitrogens is 4. The van der Waals surface area contributed by atoms with Crippen LogP contribution in [0.15, 0.2) is 48.7 Å². The van der Waals surface area contributed by atoms with Crippen LogP contribution < -0.4 is 16.4 Å². The van der Waals surface area contributed by atoms with Crippen molar-refractivity contribution in [1.82, 2.24) is 25.1 Å².